The van der Waals surface area contributed by atoms with Gasteiger partial charge in [-0.05, 0) is 37.0 Å². The Morgan fingerprint density at radius 1 is 1.29 bits per heavy atom. The minimum absolute atomic E-state index is 0.524. The van der Waals surface area contributed by atoms with Crippen LogP contribution >= 0.6 is 0 Å². The number of hydrogen-bond donors (Lipinski definition) is 1. The van der Waals surface area contributed by atoms with Crippen LogP contribution in [-0.4, -0.2) is 24.3 Å². The molecule has 0 bridgehead atoms. The van der Waals surface area contributed by atoms with E-state index in [4.69, 9.17) is 9.47 Å². The van der Waals surface area contributed by atoms with Crippen LogP contribution in [0.4, 0.5) is 0 Å². The molecule has 0 spiro atoms. The molecule has 0 amide bonds. The van der Waals surface area contributed by atoms with Gasteiger partial charge in [-0.2, -0.15) is 0 Å². The van der Waals surface area contributed by atoms with Crippen LogP contribution in [0.5, 0.6) is 11.5 Å². The Morgan fingerprint density at radius 3 is 2.65 bits per heavy atom. The summed E-state index contributed by atoms with van der Waals surface area (Å²) in [4.78, 5) is 11.3. The van der Waals surface area contributed by atoms with Gasteiger partial charge in [0, 0.05) is 0 Å². The molecule has 4 nitrogen and oxygen atoms in total. The Kier molecular flexibility index (Phi) is 2.08. The largest absolute Gasteiger partial charge is 0.486 e. The first-order valence-electron chi connectivity index (χ1n) is 5.78. The molecule has 1 aliphatic carbocycles. The second-order valence-electron chi connectivity index (χ2n) is 4.70. The third-order valence-electron chi connectivity index (χ3n) is 3.54. The van der Waals surface area contributed by atoms with Crippen LogP contribution in [0.1, 0.15) is 24.0 Å². The number of aliphatic carboxylic acids is 1. The molecule has 0 atom stereocenters. The first kappa shape index (κ1) is 10.4. The van der Waals surface area contributed by atoms with E-state index in [0.717, 1.165) is 16.9 Å². The number of fused-ring (bicyclic) bond motifs is 1. The summed E-state index contributed by atoms with van der Waals surface area (Å²) >= 11 is 0. The molecule has 90 valence electrons. The highest BCUT2D eigenvalue weighted by Gasteiger charge is 2.52. The zero-order valence-corrected chi connectivity index (χ0v) is 9.66. The molecule has 0 radical (unpaired) electrons. The fourth-order valence-corrected chi connectivity index (χ4v) is 2.36. The highest BCUT2D eigenvalue weighted by Crippen LogP contribution is 2.51. The van der Waals surface area contributed by atoms with Crippen LogP contribution in [0.2, 0.25) is 0 Å². The van der Waals surface area contributed by atoms with Crippen molar-refractivity contribution in [2.45, 2.75) is 25.2 Å². The van der Waals surface area contributed by atoms with Gasteiger partial charge in [-0.3, -0.25) is 4.79 Å². The molecule has 3 rings (SSSR count). The van der Waals surface area contributed by atoms with E-state index in [1.807, 2.05) is 19.1 Å². The summed E-state index contributed by atoms with van der Waals surface area (Å²) in [6.45, 7) is 3.00. The molecule has 1 fully saturated rings. The molecular weight excluding hydrogens is 220 g/mol. The fraction of sp³-hybridized carbons (Fsp3) is 0.462. The van der Waals surface area contributed by atoms with Gasteiger partial charge in [0.1, 0.15) is 13.2 Å². The topological polar surface area (TPSA) is 55.8 Å². The lowest BCUT2D eigenvalue weighted by Gasteiger charge is -2.22. The van der Waals surface area contributed by atoms with Crippen LogP contribution in [0.15, 0.2) is 12.1 Å². The van der Waals surface area contributed by atoms with E-state index in [0.29, 0.717) is 31.8 Å². The Balaban J connectivity index is 2.08. The van der Waals surface area contributed by atoms with Crippen LogP contribution in [0.3, 0.4) is 0 Å². The number of hydrogen-bond acceptors (Lipinski definition) is 3. The normalized spacial score (nSPS) is 19.8. The lowest BCUT2D eigenvalue weighted by molar-refractivity contribution is -0.140. The van der Waals surface area contributed by atoms with E-state index < -0.39 is 11.4 Å². The second-order valence-corrected chi connectivity index (χ2v) is 4.70. The summed E-state index contributed by atoms with van der Waals surface area (Å²) in [5.41, 5.74) is 1.11. The maximum absolute atomic E-state index is 11.3. The smallest absolute Gasteiger partial charge is 0.314 e. The number of carboxylic acids is 1. The highest BCUT2D eigenvalue weighted by atomic mass is 16.6. The Hall–Kier alpha value is -1.71. The van der Waals surface area contributed by atoms with Crippen molar-refractivity contribution in [3.8, 4) is 11.5 Å². The van der Waals surface area contributed by atoms with Gasteiger partial charge < -0.3 is 14.6 Å². The van der Waals surface area contributed by atoms with Crippen molar-refractivity contribution in [3.05, 3.63) is 23.3 Å². The van der Waals surface area contributed by atoms with E-state index in [9.17, 15) is 9.90 Å². The summed E-state index contributed by atoms with van der Waals surface area (Å²) in [5.74, 6) is 0.688. The maximum Gasteiger partial charge on any atom is 0.314 e. The molecular formula is C13H14O4. The minimum Gasteiger partial charge on any atom is -0.486 e. The summed E-state index contributed by atoms with van der Waals surface area (Å²) in [5, 5.41) is 9.28. The van der Waals surface area contributed by atoms with E-state index in [1.165, 1.54) is 0 Å². The molecule has 1 aromatic rings. The summed E-state index contributed by atoms with van der Waals surface area (Å²) in [6.07, 6.45) is 1.42. The monoisotopic (exact) mass is 234 g/mol. The molecule has 0 saturated heterocycles. The van der Waals surface area contributed by atoms with Gasteiger partial charge in [0.05, 0.1) is 5.41 Å². The Labute approximate surface area is 99.2 Å². The molecule has 1 aromatic carbocycles. The van der Waals surface area contributed by atoms with Gasteiger partial charge in [-0.25, -0.2) is 0 Å². The molecule has 1 heterocycles. The summed E-state index contributed by atoms with van der Waals surface area (Å²) in [7, 11) is 0. The fourth-order valence-electron chi connectivity index (χ4n) is 2.36. The standard InChI is InChI=1S/C13H14O4/c1-8-6-9(13(2-3-13)12(14)15)7-10-11(8)17-5-4-16-10/h6-7H,2-5H2,1H3,(H,14,15). The van der Waals surface area contributed by atoms with Gasteiger partial charge in [0.15, 0.2) is 11.5 Å². The van der Waals surface area contributed by atoms with Gasteiger partial charge in [0.25, 0.3) is 0 Å². The number of benzene rings is 1. The van der Waals surface area contributed by atoms with E-state index in [2.05, 4.69) is 0 Å². The van der Waals surface area contributed by atoms with Crippen LogP contribution < -0.4 is 9.47 Å². The first-order chi connectivity index (χ1) is 8.13. The maximum atomic E-state index is 11.3. The average molecular weight is 234 g/mol. The van der Waals surface area contributed by atoms with Crippen LogP contribution in [-0.2, 0) is 10.2 Å². The van der Waals surface area contributed by atoms with Crippen molar-refractivity contribution in [2.24, 2.45) is 0 Å². The molecule has 17 heavy (non-hydrogen) atoms. The Bertz CT molecular complexity index is 488. The lowest BCUT2D eigenvalue weighted by Crippen LogP contribution is -2.21. The summed E-state index contributed by atoms with van der Waals surface area (Å²) < 4.78 is 11.1. The number of carboxylic acid groups (broad SMARTS) is 1. The van der Waals surface area contributed by atoms with Crippen molar-refractivity contribution >= 4 is 5.97 Å². The average Bonchev–Trinajstić information content (AvgIpc) is 3.10. The van der Waals surface area contributed by atoms with Crippen molar-refractivity contribution in [2.75, 3.05) is 13.2 Å². The molecule has 1 saturated carbocycles. The van der Waals surface area contributed by atoms with Crippen LogP contribution in [0.25, 0.3) is 0 Å². The van der Waals surface area contributed by atoms with Gasteiger partial charge in [-0.1, -0.05) is 6.07 Å². The van der Waals surface area contributed by atoms with E-state index in [1.54, 1.807) is 0 Å². The Morgan fingerprint density at radius 2 is 2.00 bits per heavy atom. The van der Waals surface area contributed by atoms with Crippen molar-refractivity contribution in [1.29, 1.82) is 0 Å². The minimum atomic E-state index is -0.742. The number of aryl methyl sites for hydroxylation is 1. The van der Waals surface area contributed by atoms with Crippen molar-refractivity contribution in [1.82, 2.24) is 0 Å². The number of carbonyl (C=O) groups is 1. The molecule has 1 aliphatic heterocycles. The van der Waals surface area contributed by atoms with Gasteiger partial charge in [0.2, 0.25) is 0 Å². The lowest BCUT2D eigenvalue weighted by atomic mass is 9.94. The number of ether oxygens (including phenoxy) is 2. The highest BCUT2D eigenvalue weighted by molar-refractivity contribution is 5.85. The molecule has 0 aromatic heterocycles. The summed E-state index contributed by atoms with van der Waals surface area (Å²) in [6, 6.07) is 3.73. The predicted octanol–water partition coefficient (Wildman–Crippen LogP) is 1.88. The molecule has 2 aliphatic rings. The van der Waals surface area contributed by atoms with E-state index >= 15 is 0 Å². The third-order valence-corrected chi connectivity index (χ3v) is 3.54. The van der Waals surface area contributed by atoms with Crippen LogP contribution in [0, 0.1) is 6.92 Å². The third kappa shape index (κ3) is 1.47. The zero-order valence-electron chi connectivity index (χ0n) is 9.66. The van der Waals surface area contributed by atoms with Gasteiger partial charge in [-0.15, -0.1) is 0 Å². The van der Waals surface area contributed by atoms with E-state index in [-0.39, 0.29) is 0 Å². The molecule has 0 unspecified atom stereocenters. The predicted molar refractivity (Wildman–Crippen MR) is 60.7 cm³/mol. The zero-order chi connectivity index (χ0) is 12.0. The quantitative estimate of drug-likeness (QED) is 0.848. The second kappa shape index (κ2) is 3.39. The SMILES string of the molecule is Cc1cc(C2(C(=O)O)CC2)cc2c1OCCO2. The van der Waals surface area contributed by atoms with Crippen molar-refractivity contribution in [3.63, 3.8) is 0 Å². The van der Waals surface area contributed by atoms with Crippen molar-refractivity contribution < 1.29 is 19.4 Å². The first-order valence-corrected chi connectivity index (χ1v) is 5.78. The van der Waals surface area contributed by atoms with Gasteiger partial charge >= 0.3 is 5.97 Å². The molecule has 4 heteroatoms. The number of rotatable bonds is 2. The molecule has 1 N–H and O–H groups in total.